The Morgan fingerprint density at radius 3 is 1.50 bits per heavy atom. The number of hydrogen-bond acceptors (Lipinski definition) is 5. The first-order valence-corrected chi connectivity index (χ1v) is 11.2. The molecule has 0 atom stereocenters. The van der Waals surface area contributed by atoms with Crippen molar-refractivity contribution in [2.24, 2.45) is 24.6 Å². The molecule has 0 aromatic carbocycles. The van der Waals surface area contributed by atoms with E-state index in [2.05, 4.69) is 13.5 Å². The van der Waals surface area contributed by atoms with Gasteiger partial charge in [0.2, 0.25) is 7.51 Å². The highest BCUT2D eigenvalue weighted by Crippen LogP contribution is 2.82. The number of halogens is 4. The van der Waals surface area contributed by atoms with Gasteiger partial charge in [-0.15, -0.1) is 0 Å². The standard InChI is InChI=1S/Cl4H4N5P3/c1-10(2)7-11(3,4)9-12(5,6)8-10/h5-6H2. The molecular weight excluding hydrogens is 305 g/mol. The Labute approximate surface area is 88.7 Å². The highest BCUT2D eigenvalue weighted by atomic mass is 35.9. The van der Waals surface area contributed by atoms with Crippen LogP contribution in [0.4, 0.5) is 0 Å². The zero-order valence-electron chi connectivity index (χ0n) is 5.35. The molecule has 0 spiro atoms. The summed E-state index contributed by atoms with van der Waals surface area (Å²) >= 11 is 22.6. The maximum atomic E-state index is 5.65. The van der Waals surface area contributed by atoms with Crippen LogP contribution in [0.2, 0.25) is 0 Å². The second kappa shape index (κ2) is 3.41. The second-order valence-corrected chi connectivity index (χ2v) is 13.9. The predicted octanol–water partition coefficient (Wildman–Crippen LogP) is 4.71. The van der Waals surface area contributed by atoms with Crippen LogP contribution >= 0.6 is 64.3 Å². The Balaban J connectivity index is 3.46. The van der Waals surface area contributed by atoms with Gasteiger partial charge in [-0.1, -0.05) is 0 Å². The first kappa shape index (κ1) is 11.8. The molecule has 12 heavy (non-hydrogen) atoms. The van der Waals surface area contributed by atoms with E-state index in [-0.39, 0.29) is 0 Å². The van der Waals surface area contributed by atoms with Crippen LogP contribution in [0.1, 0.15) is 0 Å². The predicted molar refractivity (Wildman–Crippen MR) is 59.8 cm³/mol. The summed E-state index contributed by atoms with van der Waals surface area (Å²) in [5.41, 5.74) is 10.9. The van der Waals surface area contributed by atoms with Crippen molar-refractivity contribution in [1.29, 1.82) is 0 Å². The zero-order chi connectivity index (χ0) is 9.62. The highest BCUT2D eigenvalue weighted by molar-refractivity contribution is 8.20. The summed E-state index contributed by atoms with van der Waals surface area (Å²) in [5.74, 6) is -5.79. The van der Waals surface area contributed by atoms with Gasteiger partial charge in [0.05, 0.1) is 0 Å². The van der Waals surface area contributed by atoms with E-state index >= 15 is 0 Å². The van der Waals surface area contributed by atoms with Crippen molar-refractivity contribution < 1.29 is 0 Å². The molecule has 0 aromatic heterocycles. The minimum Gasteiger partial charge on any atom is -0.267 e. The van der Waals surface area contributed by atoms with Crippen LogP contribution in [0, 0.1) is 0 Å². The van der Waals surface area contributed by atoms with Crippen molar-refractivity contribution in [1.82, 2.24) is 0 Å². The van der Waals surface area contributed by atoms with E-state index < -0.39 is 19.3 Å². The molecule has 1 heterocycles. The lowest BCUT2D eigenvalue weighted by Gasteiger charge is -2.18. The normalized spacial score (nSPS) is 29.5. The molecule has 5 nitrogen and oxygen atoms in total. The van der Waals surface area contributed by atoms with Crippen molar-refractivity contribution in [3.63, 3.8) is 0 Å². The van der Waals surface area contributed by atoms with Crippen LogP contribution < -0.4 is 11.0 Å². The summed E-state index contributed by atoms with van der Waals surface area (Å²) in [6, 6.07) is 0. The van der Waals surface area contributed by atoms with Crippen molar-refractivity contribution in [2.75, 3.05) is 0 Å². The molecule has 0 fully saturated rings. The minimum absolute atomic E-state index is 2.85. The number of rotatable bonds is 0. The van der Waals surface area contributed by atoms with Crippen molar-refractivity contribution in [3.8, 4) is 0 Å². The molecule has 4 N–H and O–H groups in total. The Bertz CT molecular complexity index is 275. The fourth-order valence-electron chi connectivity index (χ4n) is 0.528. The monoisotopic (exact) mass is 307 g/mol. The topological polar surface area (TPSA) is 89.1 Å². The van der Waals surface area contributed by atoms with Gasteiger partial charge in [0.1, 0.15) is 0 Å². The van der Waals surface area contributed by atoms with Crippen molar-refractivity contribution >= 4 is 64.3 Å². The van der Waals surface area contributed by atoms with Crippen LogP contribution in [0.15, 0.2) is 13.5 Å². The van der Waals surface area contributed by atoms with E-state index in [1.807, 2.05) is 0 Å². The maximum Gasteiger partial charge on any atom is 0.257 e. The summed E-state index contributed by atoms with van der Waals surface area (Å²) in [6.07, 6.45) is 0. The van der Waals surface area contributed by atoms with Crippen LogP contribution in [0.5, 0.6) is 0 Å². The summed E-state index contributed by atoms with van der Waals surface area (Å²) in [4.78, 5) is 0. The van der Waals surface area contributed by atoms with Gasteiger partial charge < -0.3 is 0 Å². The lowest BCUT2D eigenvalue weighted by Crippen LogP contribution is -2.01. The average molecular weight is 309 g/mol. The van der Waals surface area contributed by atoms with Gasteiger partial charge in [-0.25, -0.2) is 0 Å². The molecule has 0 unspecified atom stereocenters. The molecule has 0 saturated heterocycles. The molecule has 1 rings (SSSR count). The third-order valence-corrected chi connectivity index (χ3v) is 11.3. The molecule has 0 radical (unpaired) electrons. The van der Waals surface area contributed by atoms with Crippen LogP contribution in [-0.2, 0) is 0 Å². The molecular formula is H4Cl4N5P3. The smallest absolute Gasteiger partial charge is 0.257 e. The van der Waals surface area contributed by atoms with Gasteiger partial charge in [0.15, 0.2) is 0 Å². The lowest BCUT2D eigenvalue weighted by molar-refractivity contribution is 1.59. The van der Waals surface area contributed by atoms with Crippen molar-refractivity contribution in [2.45, 2.75) is 0 Å². The molecule has 1 aliphatic heterocycles. The molecule has 12 heteroatoms. The SMILES string of the molecule is NP1(N)=NP(Cl)(Cl)=NP(Cl)(Cl)=N1. The molecule has 0 aliphatic carbocycles. The number of nitrogens with two attached hydrogens (primary N) is 2. The summed E-state index contributed by atoms with van der Waals surface area (Å²) in [6.45, 7) is 0. The molecule has 0 amide bonds. The van der Waals surface area contributed by atoms with E-state index in [0.717, 1.165) is 0 Å². The van der Waals surface area contributed by atoms with E-state index in [1.54, 1.807) is 0 Å². The second-order valence-electron chi connectivity index (χ2n) is 1.88. The Kier molecular flexibility index (Phi) is 3.37. The van der Waals surface area contributed by atoms with E-state index in [9.17, 15) is 0 Å². The van der Waals surface area contributed by atoms with Crippen LogP contribution in [-0.4, -0.2) is 0 Å². The van der Waals surface area contributed by atoms with Crippen LogP contribution in [0.25, 0.3) is 0 Å². The summed E-state index contributed by atoms with van der Waals surface area (Å²) < 4.78 is 11.0. The number of hydrogen-bond donors (Lipinski definition) is 2. The zero-order valence-corrected chi connectivity index (χ0v) is 11.1. The number of nitrogens with zero attached hydrogens (tertiary/aromatic N) is 3. The quantitative estimate of drug-likeness (QED) is 0.634. The van der Waals surface area contributed by atoms with E-state index in [0.29, 0.717) is 0 Å². The maximum absolute atomic E-state index is 5.65. The Morgan fingerprint density at radius 1 is 0.750 bits per heavy atom. The molecule has 0 aromatic rings. The van der Waals surface area contributed by atoms with Crippen LogP contribution in [0.3, 0.4) is 0 Å². The fraction of sp³-hybridized carbons (Fsp3) is 0. The average Bonchev–Trinajstić information content (AvgIpc) is 1.44. The fourth-order valence-corrected chi connectivity index (χ4v) is 14.4. The summed E-state index contributed by atoms with van der Waals surface area (Å²) in [5, 5.41) is 0. The first-order chi connectivity index (χ1) is 5.12. The molecule has 0 bridgehead atoms. The van der Waals surface area contributed by atoms with Gasteiger partial charge in [0, 0.05) is 0 Å². The molecule has 1 aliphatic rings. The first-order valence-electron chi connectivity index (χ1n) is 2.39. The van der Waals surface area contributed by atoms with Gasteiger partial charge >= 0.3 is 0 Å². The van der Waals surface area contributed by atoms with Gasteiger partial charge in [-0.2, -0.15) is 13.5 Å². The Morgan fingerprint density at radius 2 is 1.17 bits per heavy atom. The third kappa shape index (κ3) is 3.49. The Hall–Kier alpha value is 1.77. The van der Waals surface area contributed by atoms with Crippen molar-refractivity contribution in [3.05, 3.63) is 0 Å². The van der Waals surface area contributed by atoms with Gasteiger partial charge in [0.25, 0.3) is 11.8 Å². The molecule has 72 valence electrons. The molecule has 0 saturated carbocycles. The summed E-state index contributed by atoms with van der Waals surface area (Å²) in [7, 11) is -2.85. The van der Waals surface area contributed by atoms with Gasteiger partial charge in [-0.3, -0.25) is 11.0 Å². The van der Waals surface area contributed by atoms with E-state index in [1.165, 1.54) is 0 Å². The highest BCUT2D eigenvalue weighted by Gasteiger charge is 2.28. The minimum atomic E-state index is -2.89. The van der Waals surface area contributed by atoms with E-state index in [4.69, 9.17) is 56.0 Å². The largest absolute Gasteiger partial charge is 0.267 e. The third-order valence-electron chi connectivity index (χ3n) is 0.717. The van der Waals surface area contributed by atoms with Gasteiger partial charge in [-0.05, 0) is 45.0 Å². The lowest BCUT2D eigenvalue weighted by atomic mass is 13.8.